The van der Waals surface area contributed by atoms with Crippen molar-refractivity contribution in [2.45, 2.75) is 58.0 Å². The van der Waals surface area contributed by atoms with Crippen molar-refractivity contribution in [2.75, 3.05) is 0 Å². The lowest BCUT2D eigenvalue weighted by Gasteiger charge is -2.28. The Bertz CT molecular complexity index is 1370. The lowest BCUT2D eigenvalue weighted by molar-refractivity contribution is -0.137. The standard InChI is InChI=1S/C27H26ClF4N3O3/c1-15-11-22(36)35-25(34-15)23-21(27(30,31)32)10-7-18(24(23)29)13-33-26(37)17-5-8-20(9-6-17)38-14-16-3-2-4-19(28)12-16/h2-4,7,10-12,17,20H,5-6,8-9,13-14H2,1H3,(H,33,37)(H,34,35,36)/t17-,20-. The van der Waals surface area contributed by atoms with Gasteiger partial charge in [0.15, 0.2) is 0 Å². The molecule has 1 amide bonds. The Balaban J connectivity index is 1.40. The molecular weight excluding hydrogens is 526 g/mol. The van der Waals surface area contributed by atoms with Gasteiger partial charge in [0.25, 0.3) is 5.56 Å². The lowest BCUT2D eigenvalue weighted by Crippen LogP contribution is -2.34. The van der Waals surface area contributed by atoms with Crippen molar-refractivity contribution in [3.8, 4) is 11.4 Å². The highest BCUT2D eigenvalue weighted by molar-refractivity contribution is 6.30. The maximum absolute atomic E-state index is 15.4. The summed E-state index contributed by atoms with van der Waals surface area (Å²) in [5.74, 6) is -2.34. The van der Waals surface area contributed by atoms with Crippen molar-refractivity contribution < 1.29 is 27.1 Å². The van der Waals surface area contributed by atoms with E-state index in [1.807, 2.05) is 18.2 Å². The molecule has 6 nitrogen and oxygen atoms in total. The Kier molecular flexibility index (Phi) is 8.52. The number of aryl methyl sites for hydroxylation is 1. The summed E-state index contributed by atoms with van der Waals surface area (Å²) in [4.78, 5) is 30.6. The summed E-state index contributed by atoms with van der Waals surface area (Å²) >= 11 is 5.99. The molecule has 1 aliphatic rings. The zero-order valence-electron chi connectivity index (χ0n) is 20.5. The molecule has 0 radical (unpaired) electrons. The van der Waals surface area contributed by atoms with E-state index < -0.39 is 34.5 Å². The zero-order chi connectivity index (χ0) is 27.4. The average molecular weight is 552 g/mol. The quantitative estimate of drug-likeness (QED) is 0.356. The molecule has 3 aromatic rings. The van der Waals surface area contributed by atoms with E-state index in [1.54, 1.807) is 6.07 Å². The second-order valence-electron chi connectivity index (χ2n) is 9.33. The molecular formula is C27H26ClF4N3O3. The molecule has 2 N–H and O–H groups in total. The average Bonchev–Trinajstić information content (AvgIpc) is 2.85. The molecule has 0 unspecified atom stereocenters. The Hall–Kier alpha value is -3.24. The molecule has 0 spiro atoms. The molecule has 0 bridgehead atoms. The number of benzene rings is 2. The van der Waals surface area contributed by atoms with E-state index in [0.29, 0.717) is 37.3 Å². The number of aromatic amines is 1. The van der Waals surface area contributed by atoms with Crippen LogP contribution in [0.15, 0.2) is 47.3 Å². The number of hydrogen-bond acceptors (Lipinski definition) is 4. The van der Waals surface area contributed by atoms with Crippen LogP contribution in [0, 0.1) is 18.7 Å². The van der Waals surface area contributed by atoms with Gasteiger partial charge in [0, 0.05) is 34.8 Å². The Morgan fingerprint density at radius 2 is 1.89 bits per heavy atom. The third-order valence-electron chi connectivity index (χ3n) is 6.51. The number of carbonyl (C=O) groups excluding carboxylic acids is 1. The summed E-state index contributed by atoms with van der Waals surface area (Å²) in [5.41, 5.74) is -1.88. The van der Waals surface area contributed by atoms with Crippen LogP contribution < -0.4 is 10.9 Å². The van der Waals surface area contributed by atoms with Gasteiger partial charge in [-0.05, 0) is 56.4 Å². The molecule has 202 valence electrons. The molecule has 0 saturated heterocycles. The van der Waals surface area contributed by atoms with Crippen molar-refractivity contribution in [2.24, 2.45) is 5.92 Å². The van der Waals surface area contributed by atoms with Crippen molar-refractivity contribution in [1.82, 2.24) is 15.3 Å². The molecule has 1 fully saturated rings. The van der Waals surface area contributed by atoms with Crippen LogP contribution in [0.3, 0.4) is 0 Å². The van der Waals surface area contributed by atoms with Gasteiger partial charge in [0.2, 0.25) is 5.91 Å². The molecule has 0 atom stereocenters. The third-order valence-corrected chi connectivity index (χ3v) is 6.74. The van der Waals surface area contributed by atoms with Crippen LogP contribution in [0.5, 0.6) is 0 Å². The van der Waals surface area contributed by atoms with Gasteiger partial charge in [-0.15, -0.1) is 0 Å². The number of H-pyrrole nitrogens is 1. The van der Waals surface area contributed by atoms with Gasteiger partial charge in [0.05, 0.1) is 23.8 Å². The fraction of sp³-hybridized carbons (Fsp3) is 0.370. The number of nitrogens with zero attached hydrogens (tertiary/aromatic N) is 1. The fourth-order valence-electron chi connectivity index (χ4n) is 4.58. The van der Waals surface area contributed by atoms with E-state index in [1.165, 1.54) is 6.92 Å². The predicted octanol–water partition coefficient (Wildman–Crippen LogP) is 5.95. The molecule has 38 heavy (non-hydrogen) atoms. The van der Waals surface area contributed by atoms with Gasteiger partial charge >= 0.3 is 6.18 Å². The second-order valence-corrected chi connectivity index (χ2v) is 9.76. The summed E-state index contributed by atoms with van der Waals surface area (Å²) in [6.45, 7) is 1.53. The van der Waals surface area contributed by atoms with Crippen LogP contribution in [0.25, 0.3) is 11.4 Å². The number of nitrogens with one attached hydrogen (secondary N) is 2. The largest absolute Gasteiger partial charge is 0.417 e. The van der Waals surface area contributed by atoms with Crippen LogP contribution >= 0.6 is 11.6 Å². The molecule has 1 heterocycles. The number of alkyl halides is 3. The van der Waals surface area contributed by atoms with Crippen molar-refractivity contribution in [1.29, 1.82) is 0 Å². The van der Waals surface area contributed by atoms with Crippen molar-refractivity contribution in [3.05, 3.63) is 86.0 Å². The van der Waals surface area contributed by atoms with Gasteiger partial charge < -0.3 is 15.0 Å². The minimum Gasteiger partial charge on any atom is -0.374 e. The van der Waals surface area contributed by atoms with Gasteiger partial charge in [-0.1, -0.05) is 29.8 Å². The highest BCUT2D eigenvalue weighted by Crippen LogP contribution is 2.38. The van der Waals surface area contributed by atoms with E-state index >= 15 is 4.39 Å². The first-order valence-electron chi connectivity index (χ1n) is 12.1. The lowest BCUT2D eigenvalue weighted by atomic mass is 9.86. The topological polar surface area (TPSA) is 84.1 Å². The maximum atomic E-state index is 15.4. The molecule has 1 aliphatic carbocycles. The van der Waals surface area contributed by atoms with E-state index in [4.69, 9.17) is 16.3 Å². The van der Waals surface area contributed by atoms with Gasteiger partial charge in [-0.25, -0.2) is 9.37 Å². The molecule has 4 rings (SSSR count). The summed E-state index contributed by atoms with van der Waals surface area (Å²) in [6.07, 6.45) is -2.40. The third kappa shape index (κ3) is 6.79. The summed E-state index contributed by atoms with van der Waals surface area (Å²) in [7, 11) is 0. The highest BCUT2D eigenvalue weighted by atomic mass is 35.5. The molecule has 1 saturated carbocycles. The second kappa shape index (κ2) is 11.7. The first-order chi connectivity index (χ1) is 18.0. The summed E-state index contributed by atoms with van der Waals surface area (Å²) in [6, 6.07) is 10.2. The van der Waals surface area contributed by atoms with E-state index in [-0.39, 0.29) is 35.7 Å². The van der Waals surface area contributed by atoms with Crippen LogP contribution in [-0.4, -0.2) is 22.0 Å². The first-order valence-corrected chi connectivity index (χ1v) is 12.5. The van der Waals surface area contributed by atoms with Gasteiger partial charge in [0.1, 0.15) is 11.6 Å². The number of ether oxygens (including phenoxy) is 1. The SMILES string of the molecule is Cc1cc(=O)[nH]c(-c2c(C(F)(F)F)ccc(CNC(=O)[C@H]3CC[C@H](OCc4cccc(Cl)c4)CC3)c2F)n1. The minimum atomic E-state index is -4.88. The van der Waals surface area contributed by atoms with Gasteiger partial charge in [-0.3, -0.25) is 9.59 Å². The van der Waals surface area contributed by atoms with Crippen LogP contribution in [-0.2, 0) is 28.9 Å². The predicted molar refractivity (Wildman–Crippen MR) is 134 cm³/mol. The van der Waals surface area contributed by atoms with Crippen molar-refractivity contribution >= 4 is 17.5 Å². The normalized spacial score (nSPS) is 17.8. The number of amides is 1. The Labute approximate surface area is 221 Å². The zero-order valence-corrected chi connectivity index (χ0v) is 21.3. The van der Waals surface area contributed by atoms with Crippen LogP contribution in [0.1, 0.15) is 48.1 Å². The van der Waals surface area contributed by atoms with E-state index in [0.717, 1.165) is 23.8 Å². The number of rotatable bonds is 7. The monoisotopic (exact) mass is 551 g/mol. The number of halogens is 5. The number of carbonyl (C=O) groups is 1. The Morgan fingerprint density at radius 1 is 1.16 bits per heavy atom. The van der Waals surface area contributed by atoms with Crippen molar-refractivity contribution in [3.63, 3.8) is 0 Å². The fourth-order valence-corrected chi connectivity index (χ4v) is 4.79. The van der Waals surface area contributed by atoms with Crippen LogP contribution in [0.2, 0.25) is 5.02 Å². The molecule has 2 aromatic carbocycles. The summed E-state index contributed by atoms with van der Waals surface area (Å²) in [5, 5.41) is 3.27. The summed E-state index contributed by atoms with van der Waals surface area (Å²) < 4.78 is 62.2. The number of aromatic nitrogens is 2. The first kappa shape index (κ1) is 27.8. The Morgan fingerprint density at radius 3 is 2.55 bits per heavy atom. The maximum Gasteiger partial charge on any atom is 0.417 e. The number of hydrogen-bond donors (Lipinski definition) is 2. The molecule has 0 aliphatic heterocycles. The highest BCUT2D eigenvalue weighted by Gasteiger charge is 2.37. The van der Waals surface area contributed by atoms with E-state index in [2.05, 4.69) is 15.3 Å². The van der Waals surface area contributed by atoms with Crippen LogP contribution in [0.4, 0.5) is 17.6 Å². The molecule has 11 heteroatoms. The van der Waals surface area contributed by atoms with E-state index in [9.17, 15) is 22.8 Å². The molecule has 1 aromatic heterocycles. The smallest absolute Gasteiger partial charge is 0.374 e. The van der Waals surface area contributed by atoms with Gasteiger partial charge in [-0.2, -0.15) is 13.2 Å². The minimum absolute atomic E-state index is 0.00284.